The number of rotatable bonds is 2. The van der Waals surface area contributed by atoms with E-state index in [-0.39, 0.29) is 12.0 Å². The average molecular weight is 269 g/mol. The van der Waals surface area contributed by atoms with Gasteiger partial charge in [-0.3, -0.25) is 0 Å². The van der Waals surface area contributed by atoms with E-state index in [0.717, 1.165) is 5.56 Å². The Labute approximate surface area is 108 Å². The first-order chi connectivity index (χ1) is 8.45. The zero-order valence-corrected chi connectivity index (χ0v) is 11.9. The van der Waals surface area contributed by atoms with Gasteiger partial charge in [0.05, 0.1) is 12.4 Å². The highest BCUT2D eigenvalue weighted by Crippen LogP contribution is 2.43. The molecular weight excluding hydrogens is 250 g/mol. The van der Waals surface area contributed by atoms with Crippen molar-refractivity contribution in [2.45, 2.75) is 30.0 Å². The Kier molecular flexibility index (Phi) is 3.38. The third-order valence-corrected chi connectivity index (χ3v) is 6.33. The zero-order chi connectivity index (χ0) is 13.5. The van der Waals surface area contributed by atoms with E-state index in [1.54, 1.807) is 13.0 Å². The minimum absolute atomic E-state index is 0.0274. The molecule has 0 spiro atoms. The van der Waals surface area contributed by atoms with Crippen LogP contribution >= 0.6 is 0 Å². The Morgan fingerprint density at radius 2 is 1.94 bits per heavy atom. The van der Waals surface area contributed by atoms with Gasteiger partial charge in [0.2, 0.25) is 0 Å². The standard InChI is InChI=1S/C13H19NO3S/c1-8-9(2)18(15,16)13-10(12(8)14-3)6-5-7-11(13)17-4/h5-9,12,14H,1-4H3. The van der Waals surface area contributed by atoms with Gasteiger partial charge in [-0.25, -0.2) is 8.42 Å². The van der Waals surface area contributed by atoms with E-state index in [2.05, 4.69) is 5.32 Å². The molecule has 4 nitrogen and oxygen atoms in total. The summed E-state index contributed by atoms with van der Waals surface area (Å²) in [6.07, 6.45) is 0. The Bertz CT molecular complexity index is 553. The molecule has 1 aromatic carbocycles. The molecule has 1 N–H and O–H groups in total. The molecule has 0 aliphatic carbocycles. The van der Waals surface area contributed by atoms with Crippen molar-refractivity contribution in [2.75, 3.05) is 14.2 Å². The van der Waals surface area contributed by atoms with Gasteiger partial charge >= 0.3 is 0 Å². The number of hydrogen-bond acceptors (Lipinski definition) is 4. The van der Waals surface area contributed by atoms with Gasteiger partial charge in [-0.2, -0.15) is 0 Å². The summed E-state index contributed by atoms with van der Waals surface area (Å²) in [5.41, 5.74) is 0.808. The highest BCUT2D eigenvalue weighted by molar-refractivity contribution is 7.92. The first-order valence-corrected chi connectivity index (χ1v) is 7.57. The minimum Gasteiger partial charge on any atom is -0.495 e. The van der Waals surface area contributed by atoms with Crippen molar-refractivity contribution in [2.24, 2.45) is 5.92 Å². The van der Waals surface area contributed by atoms with Gasteiger partial charge in [0.1, 0.15) is 10.6 Å². The van der Waals surface area contributed by atoms with Crippen LogP contribution in [0.3, 0.4) is 0 Å². The fourth-order valence-electron chi connectivity index (χ4n) is 2.68. The van der Waals surface area contributed by atoms with Crippen molar-refractivity contribution in [3.8, 4) is 5.75 Å². The Balaban J connectivity index is 2.77. The predicted molar refractivity (Wildman–Crippen MR) is 70.6 cm³/mol. The molecule has 0 fully saturated rings. The lowest BCUT2D eigenvalue weighted by Gasteiger charge is -2.36. The number of hydrogen-bond donors (Lipinski definition) is 1. The number of methoxy groups -OCH3 is 1. The summed E-state index contributed by atoms with van der Waals surface area (Å²) in [7, 11) is 0.0377. The second-order valence-electron chi connectivity index (χ2n) is 4.75. The molecule has 0 radical (unpaired) electrons. The van der Waals surface area contributed by atoms with E-state index in [0.29, 0.717) is 10.6 Å². The molecule has 1 aliphatic rings. The van der Waals surface area contributed by atoms with Crippen molar-refractivity contribution >= 4 is 9.84 Å². The van der Waals surface area contributed by atoms with Gasteiger partial charge in [-0.15, -0.1) is 0 Å². The van der Waals surface area contributed by atoms with Crippen LogP contribution in [0.2, 0.25) is 0 Å². The summed E-state index contributed by atoms with van der Waals surface area (Å²) >= 11 is 0. The van der Waals surface area contributed by atoms with E-state index in [1.807, 2.05) is 26.1 Å². The quantitative estimate of drug-likeness (QED) is 0.889. The van der Waals surface area contributed by atoms with Gasteiger partial charge in [0, 0.05) is 6.04 Å². The number of ether oxygens (including phenoxy) is 1. The van der Waals surface area contributed by atoms with Crippen LogP contribution in [-0.4, -0.2) is 27.8 Å². The summed E-state index contributed by atoms with van der Waals surface area (Å²) in [6.45, 7) is 3.73. The van der Waals surface area contributed by atoms with Crippen molar-refractivity contribution < 1.29 is 13.2 Å². The van der Waals surface area contributed by atoms with Crippen molar-refractivity contribution in [1.29, 1.82) is 0 Å². The zero-order valence-electron chi connectivity index (χ0n) is 11.1. The maximum Gasteiger partial charge on any atom is 0.185 e. The van der Waals surface area contributed by atoms with Crippen LogP contribution in [0.4, 0.5) is 0 Å². The summed E-state index contributed by atoms with van der Waals surface area (Å²) in [5.74, 6) is 0.464. The van der Waals surface area contributed by atoms with E-state index >= 15 is 0 Å². The van der Waals surface area contributed by atoms with E-state index < -0.39 is 15.1 Å². The predicted octanol–water partition coefficient (Wildman–Crippen LogP) is 1.77. The normalized spacial score (nSPS) is 29.7. The fraction of sp³-hybridized carbons (Fsp3) is 0.538. The van der Waals surface area contributed by atoms with Gasteiger partial charge in [-0.05, 0) is 31.5 Å². The van der Waals surface area contributed by atoms with Crippen LogP contribution in [0.5, 0.6) is 5.75 Å². The van der Waals surface area contributed by atoms with Gasteiger partial charge in [-0.1, -0.05) is 19.1 Å². The summed E-state index contributed by atoms with van der Waals surface area (Å²) in [5, 5.41) is 2.79. The fourth-order valence-corrected chi connectivity index (χ4v) is 4.73. The second kappa shape index (κ2) is 4.55. The lowest BCUT2D eigenvalue weighted by molar-refractivity contribution is 0.360. The third-order valence-electron chi connectivity index (χ3n) is 3.92. The lowest BCUT2D eigenvalue weighted by Crippen LogP contribution is -2.40. The van der Waals surface area contributed by atoms with Crippen LogP contribution in [0, 0.1) is 5.92 Å². The van der Waals surface area contributed by atoms with Gasteiger partial charge in [0.25, 0.3) is 0 Å². The monoisotopic (exact) mass is 269 g/mol. The molecule has 0 saturated carbocycles. The third kappa shape index (κ3) is 1.73. The Morgan fingerprint density at radius 1 is 1.28 bits per heavy atom. The molecule has 5 heteroatoms. The van der Waals surface area contributed by atoms with Crippen LogP contribution in [0.15, 0.2) is 23.1 Å². The molecule has 0 aromatic heterocycles. The van der Waals surface area contributed by atoms with E-state index in [1.165, 1.54) is 7.11 Å². The maximum atomic E-state index is 12.5. The van der Waals surface area contributed by atoms with Crippen LogP contribution in [0.25, 0.3) is 0 Å². The highest BCUT2D eigenvalue weighted by Gasteiger charge is 2.42. The molecule has 1 heterocycles. The van der Waals surface area contributed by atoms with Crippen molar-refractivity contribution in [1.82, 2.24) is 5.32 Å². The number of fused-ring (bicyclic) bond motifs is 1. The summed E-state index contributed by atoms with van der Waals surface area (Å²) < 4.78 is 30.3. The maximum absolute atomic E-state index is 12.5. The lowest BCUT2D eigenvalue weighted by atomic mass is 9.91. The molecule has 18 heavy (non-hydrogen) atoms. The molecule has 0 bridgehead atoms. The molecule has 2 rings (SSSR count). The second-order valence-corrected chi connectivity index (χ2v) is 7.00. The van der Waals surface area contributed by atoms with Crippen molar-refractivity contribution in [3.63, 3.8) is 0 Å². The van der Waals surface area contributed by atoms with Gasteiger partial charge < -0.3 is 10.1 Å². The first kappa shape index (κ1) is 13.4. The summed E-state index contributed by atoms with van der Waals surface area (Å²) in [6, 6.07) is 5.43. The Morgan fingerprint density at radius 3 is 2.50 bits per heavy atom. The largest absolute Gasteiger partial charge is 0.495 e. The topological polar surface area (TPSA) is 55.4 Å². The van der Waals surface area contributed by atoms with Crippen molar-refractivity contribution in [3.05, 3.63) is 23.8 Å². The molecule has 0 saturated heterocycles. The first-order valence-electron chi connectivity index (χ1n) is 6.03. The Hall–Kier alpha value is -1.07. The SMILES string of the molecule is CNC1c2cccc(OC)c2S(=O)(=O)C(C)C1C. The average Bonchev–Trinajstić information content (AvgIpc) is 2.36. The highest BCUT2D eigenvalue weighted by atomic mass is 32.2. The molecule has 3 atom stereocenters. The van der Waals surface area contributed by atoms with Gasteiger partial charge in [0.15, 0.2) is 9.84 Å². The molecular formula is C13H19NO3S. The summed E-state index contributed by atoms with van der Waals surface area (Å²) in [4.78, 5) is 0.345. The number of sulfone groups is 1. The molecule has 3 unspecified atom stereocenters. The number of benzene rings is 1. The molecule has 0 amide bonds. The van der Waals surface area contributed by atoms with E-state index in [4.69, 9.17) is 4.74 Å². The van der Waals surface area contributed by atoms with Crippen LogP contribution in [0.1, 0.15) is 25.5 Å². The van der Waals surface area contributed by atoms with Crippen LogP contribution < -0.4 is 10.1 Å². The van der Waals surface area contributed by atoms with Crippen LogP contribution in [-0.2, 0) is 9.84 Å². The molecule has 100 valence electrons. The number of nitrogens with one attached hydrogen (secondary N) is 1. The van der Waals surface area contributed by atoms with E-state index in [9.17, 15) is 8.42 Å². The molecule has 1 aromatic rings. The minimum atomic E-state index is -3.32. The smallest absolute Gasteiger partial charge is 0.185 e. The molecule has 1 aliphatic heterocycles.